The third-order valence-electron chi connectivity index (χ3n) is 2.32. The van der Waals surface area contributed by atoms with E-state index < -0.39 is 0 Å². The molecule has 16 heavy (non-hydrogen) atoms. The molecule has 1 atom stereocenters. The summed E-state index contributed by atoms with van der Waals surface area (Å²) >= 11 is 11.8. The van der Waals surface area contributed by atoms with Crippen LogP contribution in [0.4, 0.5) is 0 Å². The van der Waals surface area contributed by atoms with Crippen LogP contribution in [-0.4, -0.2) is 13.1 Å². The zero-order chi connectivity index (χ0) is 12.0. The topological polar surface area (TPSA) is 38.0 Å². The molecule has 88 valence electrons. The van der Waals surface area contributed by atoms with Crippen LogP contribution >= 0.6 is 23.2 Å². The molecular weight excluding hydrogens is 243 g/mol. The SMILES string of the molecule is C=CCCNC(CN)c1ccc(Cl)c(Cl)c1. The van der Waals surface area contributed by atoms with Gasteiger partial charge in [0.15, 0.2) is 0 Å². The van der Waals surface area contributed by atoms with Crippen LogP contribution in [0.15, 0.2) is 30.9 Å². The van der Waals surface area contributed by atoms with Gasteiger partial charge in [-0.3, -0.25) is 0 Å². The van der Waals surface area contributed by atoms with Crippen molar-refractivity contribution in [1.29, 1.82) is 0 Å². The van der Waals surface area contributed by atoms with E-state index in [0.29, 0.717) is 16.6 Å². The molecule has 0 aromatic heterocycles. The average Bonchev–Trinajstić information content (AvgIpc) is 2.29. The highest BCUT2D eigenvalue weighted by molar-refractivity contribution is 6.42. The molecule has 0 aliphatic carbocycles. The Morgan fingerprint density at radius 2 is 2.12 bits per heavy atom. The maximum Gasteiger partial charge on any atom is 0.0595 e. The molecule has 0 aliphatic heterocycles. The van der Waals surface area contributed by atoms with Crippen LogP contribution in [-0.2, 0) is 0 Å². The van der Waals surface area contributed by atoms with Gasteiger partial charge >= 0.3 is 0 Å². The van der Waals surface area contributed by atoms with E-state index in [0.717, 1.165) is 18.5 Å². The van der Waals surface area contributed by atoms with Crippen molar-refractivity contribution in [1.82, 2.24) is 5.32 Å². The first-order valence-corrected chi connectivity index (χ1v) is 5.94. The van der Waals surface area contributed by atoms with Gasteiger partial charge < -0.3 is 11.1 Å². The van der Waals surface area contributed by atoms with Crippen LogP contribution in [0.2, 0.25) is 10.0 Å². The highest BCUT2D eigenvalue weighted by atomic mass is 35.5. The summed E-state index contributed by atoms with van der Waals surface area (Å²) in [4.78, 5) is 0. The molecule has 1 unspecified atom stereocenters. The van der Waals surface area contributed by atoms with E-state index in [1.54, 1.807) is 6.07 Å². The normalized spacial score (nSPS) is 12.4. The maximum absolute atomic E-state index is 5.96. The van der Waals surface area contributed by atoms with Gasteiger partial charge in [0.1, 0.15) is 0 Å². The first kappa shape index (κ1) is 13.5. The summed E-state index contributed by atoms with van der Waals surface area (Å²) in [6.45, 7) is 5.05. The third kappa shape index (κ3) is 3.80. The Balaban J connectivity index is 2.70. The number of halogens is 2. The van der Waals surface area contributed by atoms with Crippen LogP contribution in [0.3, 0.4) is 0 Å². The fourth-order valence-electron chi connectivity index (χ4n) is 1.43. The first-order chi connectivity index (χ1) is 7.69. The minimum Gasteiger partial charge on any atom is -0.329 e. The fraction of sp³-hybridized carbons (Fsp3) is 0.333. The lowest BCUT2D eigenvalue weighted by Gasteiger charge is -2.17. The molecule has 3 N–H and O–H groups in total. The van der Waals surface area contributed by atoms with Crippen LogP contribution in [0.25, 0.3) is 0 Å². The summed E-state index contributed by atoms with van der Waals surface area (Å²) in [5.41, 5.74) is 6.77. The summed E-state index contributed by atoms with van der Waals surface area (Å²) in [6, 6.07) is 5.68. The second-order valence-corrected chi connectivity index (χ2v) is 4.31. The van der Waals surface area contributed by atoms with Gasteiger partial charge in [-0.2, -0.15) is 0 Å². The van der Waals surface area contributed by atoms with Crippen LogP contribution in [0.5, 0.6) is 0 Å². The Hall–Kier alpha value is -0.540. The van der Waals surface area contributed by atoms with E-state index in [2.05, 4.69) is 11.9 Å². The standard InChI is InChI=1S/C12H16Cl2N2/c1-2-3-6-16-12(8-15)9-4-5-10(13)11(14)7-9/h2,4-5,7,12,16H,1,3,6,8,15H2. The molecule has 0 spiro atoms. The molecule has 0 radical (unpaired) electrons. The molecule has 1 rings (SSSR count). The summed E-state index contributed by atoms with van der Waals surface area (Å²) in [5, 5.41) is 4.46. The summed E-state index contributed by atoms with van der Waals surface area (Å²) in [6.07, 6.45) is 2.78. The second kappa shape index (κ2) is 6.92. The van der Waals surface area contributed by atoms with Gasteiger partial charge in [0.25, 0.3) is 0 Å². The van der Waals surface area contributed by atoms with E-state index in [-0.39, 0.29) is 6.04 Å². The quantitative estimate of drug-likeness (QED) is 0.608. The van der Waals surface area contributed by atoms with Gasteiger partial charge in [0.05, 0.1) is 10.0 Å². The van der Waals surface area contributed by atoms with E-state index in [1.165, 1.54) is 0 Å². The molecule has 0 bridgehead atoms. The van der Waals surface area contributed by atoms with Crippen LogP contribution in [0.1, 0.15) is 18.0 Å². The predicted molar refractivity (Wildman–Crippen MR) is 71.1 cm³/mol. The summed E-state index contributed by atoms with van der Waals surface area (Å²) < 4.78 is 0. The van der Waals surface area contributed by atoms with Crippen molar-refractivity contribution >= 4 is 23.2 Å². The lowest BCUT2D eigenvalue weighted by atomic mass is 10.1. The van der Waals surface area contributed by atoms with E-state index in [9.17, 15) is 0 Å². The average molecular weight is 259 g/mol. The summed E-state index contributed by atoms with van der Waals surface area (Å²) in [5.74, 6) is 0. The lowest BCUT2D eigenvalue weighted by molar-refractivity contribution is 0.548. The number of nitrogens with one attached hydrogen (secondary N) is 1. The van der Waals surface area contributed by atoms with E-state index >= 15 is 0 Å². The molecule has 0 fully saturated rings. The molecule has 0 saturated heterocycles. The smallest absolute Gasteiger partial charge is 0.0595 e. The van der Waals surface area contributed by atoms with E-state index in [1.807, 2.05) is 18.2 Å². The molecule has 2 nitrogen and oxygen atoms in total. The number of benzene rings is 1. The molecule has 0 amide bonds. The highest BCUT2D eigenvalue weighted by Crippen LogP contribution is 2.25. The minimum atomic E-state index is 0.106. The number of hydrogen-bond donors (Lipinski definition) is 2. The number of nitrogens with two attached hydrogens (primary N) is 1. The zero-order valence-electron chi connectivity index (χ0n) is 9.05. The molecule has 0 heterocycles. The van der Waals surface area contributed by atoms with Gasteiger partial charge in [-0.15, -0.1) is 6.58 Å². The van der Waals surface area contributed by atoms with Gasteiger partial charge in [-0.1, -0.05) is 35.3 Å². The Bertz CT molecular complexity index is 353. The Morgan fingerprint density at radius 3 is 2.69 bits per heavy atom. The summed E-state index contributed by atoms with van der Waals surface area (Å²) in [7, 11) is 0. The Morgan fingerprint density at radius 1 is 1.38 bits per heavy atom. The number of rotatable bonds is 6. The van der Waals surface area contributed by atoms with Crippen molar-refractivity contribution in [2.45, 2.75) is 12.5 Å². The molecule has 1 aromatic rings. The monoisotopic (exact) mass is 258 g/mol. The molecular formula is C12H16Cl2N2. The van der Waals surface area contributed by atoms with Crippen LogP contribution in [0, 0.1) is 0 Å². The molecule has 4 heteroatoms. The highest BCUT2D eigenvalue weighted by Gasteiger charge is 2.09. The molecule has 0 saturated carbocycles. The maximum atomic E-state index is 5.96. The van der Waals surface area contributed by atoms with E-state index in [4.69, 9.17) is 28.9 Å². The van der Waals surface area contributed by atoms with Crippen molar-refractivity contribution in [2.75, 3.05) is 13.1 Å². The number of hydrogen-bond acceptors (Lipinski definition) is 2. The van der Waals surface area contributed by atoms with Crippen molar-refractivity contribution in [3.05, 3.63) is 46.5 Å². The molecule has 0 aliphatic rings. The van der Waals surface area contributed by atoms with Crippen molar-refractivity contribution < 1.29 is 0 Å². The van der Waals surface area contributed by atoms with Crippen molar-refractivity contribution in [2.24, 2.45) is 5.73 Å². The van der Waals surface area contributed by atoms with Gasteiger partial charge in [0, 0.05) is 12.6 Å². The lowest BCUT2D eigenvalue weighted by Crippen LogP contribution is -2.28. The minimum absolute atomic E-state index is 0.106. The van der Waals surface area contributed by atoms with Gasteiger partial charge in [-0.05, 0) is 30.7 Å². The fourth-order valence-corrected chi connectivity index (χ4v) is 1.73. The third-order valence-corrected chi connectivity index (χ3v) is 3.06. The van der Waals surface area contributed by atoms with Gasteiger partial charge in [0.2, 0.25) is 0 Å². The predicted octanol–water partition coefficient (Wildman–Crippen LogP) is 3.16. The van der Waals surface area contributed by atoms with Crippen molar-refractivity contribution in [3.8, 4) is 0 Å². The zero-order valence-corrected chi connectivity index (χ0v) is 10.6. The van der Waals surface area contributed by atoms with Gasteiger partial charge in [-0.25, -0.2) is 0 Å². The van der Waals surface area contributed by atoms with Crippen LogP contribution < -0.4 is 11.1 Å². The van der Waals surface area contributed by atoms with Crippen molar-refractivity contribution in [3.63, 3.8) is 0 Å². The largest absolute Gasteiger partial charge is 0.329 e. The first-order valence-electron chi connectivity index (χ1n) is 5.18. The Kier molecular flexibility index (Phi) is 5.85. The molecule has 1 aromatic carbocycles. The Labute approximate surface area is 106 Å². The second-order valence-electron chi connectivity index (χ2n) is 3.49.